The predicted octanol–water partition coefficient (Wildman–Crippen LogP) is 4.16. The third-order valence-corrected chi connectivity index (χ3v) is 8.97. The summed E-state index contributed by atoms with van der Waals surface area (Å²) in [7, 11) is 0. The number of allylic oxidation sites excluding steroid dienone is 3. The number of carbonyl (C=O) groups is 1. The first kappa shape index (κ1) is 16.1. The molecule has 25 heavy (non-hydrogen) atoms. The molecule has 0 radical (unpaired) electrons. The Labute approximate surface area is 150 Å². The van der Waals surface area contributed by atoms with Gasteiger partial charge in [0.2, 0.25) is 0 Å². The Morgan fingerprint density at radius 3 is 2.64 bits per heavy atom. The third kappa shape index (κ3) is 1.94. The standard InChI is InChI=1S/C22H30O3/c1-20-9-5-15(23)13-14(20)3-4-16-17(20)6-10-21(2)18(16)7-11-22(21)12-8-19(24)25-22/h3-4,13,15-18,23H,5-12H2,1-2H3/t15-,16+,17-,18+,20+,21+,22-/m1/s1. The van der Waals surface area contributed by atoms with Crippen LogP contribution in [0, 0.1) is 28.6 Å². The molecule has 3 heteroatoms. The van der Waals surface area contributed by atoms with Crippen molar-refractivity contribution in [1.82, 2.24) is 0 Å². The summed E-state index contributed by atoms with van der Waals surface area (Å²) >= 11 is 0. The fourth-order valence-electron chi connectivity index (χ4n) is 7.44. The molecule has 3 fully saturated rings. The van der Waals surface area contributed by atoms with Crippen LogP contribution in [-0.2, 0) is 9.53 Å². The van der Waals surface area contributed by atoms with Gasteiger partial charge in [0.1, 0.15) is 5.60 Å². The van der Waals surface area contributed by atoms with Crippen molar-refractivity contribution in [3.05, 3.63) is 23.8 Å². The van der Waals surface area contributed by atoms with E-state index in [1.54, 1.807) is 0 Å². The van der Waals surface area contributed by atoms with E-state index in [0.29, 0.717) is 24.2 Å². The van der Waals surface area contributed by atoms with Crippen molar-refractivity contribution >= 4 is 5.97 Å². The van der Waals surface area contributed by atoms with Crippen LogP contribution in [0.2, 0.25) is 0 Å². The van der Waals surface area contributed by atoms with Crippen molar-refractivity contribution in [1.29, 1.82) is 0 Å². The molecule has 1 aliphatic heterocycles. The lowest BCUT2D eigenvalue weighted by Gasteiger charge is -2.57. The highest BCUT2D eigenvalue weighted by Gasteiger charge is 2.66. The molecule has 0 aromatic rings. The molecule has 5 rings (SSSR count). The first-order valence-electron chi connectivity index (χ1n) is 10.2. The highest BCUT2D eigenvalue weighted by molar-refractivity contribution is 5.72. The smallest absolute Gasteiger partial charge is 0.306 e. The average molecular weight is 342 g/mol. The van der Waals surface area contributed by atoms with Gasteiger partial charge in [0.25, 0.3) is 0 Å². The first-order chi connectivity index (χ1) is 11.9. The van der Waals surface area contributed by atoms with Crippen molar-refractivity contribution in [3.8, 4) is 0 Å². The zero-order valence-electron chi connectivity index (χ0n) is 15.5. The largest absolute Gasteiger partial charge is 0.458 e. The highest BCUT2D eigenvalue weighted by atomic mass is 16.6. The van der Waals surface area contributed by atoms with Crippen LogP contribution in [0.25, 0.3) is 0 Å². The van der Waals surface area contributed by atoms with Gasteiger partial charge in [0, 0.05) is 11.8 Å². The zero-order chi connectivity index (χ0) is 17.4. The van der Waals surface area contributed by atoms with Crippen LogP contribution >= 0.6 is 0 Å². The minimum atomic E-state index is -0.272. The van der Waals surface area contributed by atoms with E-state index in [-0.39, 0.29) is 28.5 Å². The maximum Gasteiger partial charge on any atom is 0.306 e. The van der Waals surface area contributed by atoms with Crippen molar-refractivity contribution in [3.63, 3.8) is 0 Å². The van der Waals surface area contributed by atoms with Crippen LogP contribution in [0.5, 0.6) is 0 Å². The molecule has 3 nitrogen and oxygen atoms in total. The lowest BCUT2D eigenvalue weighted by atomic mass is 9.48. The van der Waals surface area contributed by atoms with Crippen molar-refractivity contribution in [2.45, 2.75) is 76.9 Å². The fourth-order valence-corrected chi connectivity index (χ4v) is 7.44. The summed E-state index contributed by atoms with van der Waals surface area (Å²) in [6, 6.07) is 0. The number of hydrogen-bond donors (Lipinski definition) is 1. The number of hydrogen-bond acceptors (Lipinski definition) is 3. The van der Waals surface area contributed by atoms with Gasteiger partial charge < -0.3 is 9.84 Å². The van der Waals surface area contributed by atoms with E-state index in [1.165, 1.54) is 24.8 Å². The quantitative estimate of drug-likeness (QED) is 0.672. The summed E-state index contributed by atoms with van der Waals surface area (Å²) in [4.78, 5) is 11.9. The normalized spacial score (nSPS) is 53.9. The van der Waals surface area contributed by atoms with E-state index >= 15 is 0 Å². The summed E-state index contributed by atoms with van der Waals surface area (Å²) in [5, 5.41) is 10.1. The molecule has 0 unspecified atom stereocenters. The topological polar surface area (TPSA) is 46.5 Å². The molecular formula is C22H30O3. The second-order valence-electron chi connectivity index (χ2n) is 9.76. The van der Waals surface area contributed by atoms with Crippen LogP contribution in [0.1, 0.15) is 65.2 Å². The van der Waals surface area contributed by atoms with Gasteiger partial charge in [-0.05, 0) is 73.7 Å². The van der Waals surface area contributed by atoms with Gasteiger partial charge in [-0.3, -0.25) is 4.79 Å². The Hall–Kier alpha value is -1.09. The summed E-state index contributed by atoms with van der Waals surface area (Å²) in [5.41, 5.74) is 1.52. The third-order valence-electron chi connectivity index (χ3n) is 8.97. The Balaban J connectivity index is 1.52. The van der Waals surface area contributed by atoms with E-state index in [2.05, 4.69) is 32.1 Å². The van der Waals surface area contributed by atoms with Gasteiger partial charge in [-0.15, -0.1) is 0 Å². The van der Waals surface area contributed by atoms with E-state index in [9.17, 15) is 9.90 Å². The molecule has 0 bridgehead atoms. The summed E-state index contributed by atoms with van der Waals surface area (Å²) in [6.45, 7) is 4.83. The maximum absolute atomic E-state index is 11.9. The van der Waals surface area contributed by atoms with Crippen molar-refractivity contribution < 1.29 is 14.6 Å². The molecule has 5 aliphatic rings. The molecule has 1 heterocycles. The summed E-state index contributed by atoms with van der Waals surface area (Å²) < 4.78 is 6.00. The SMILES string of the molecule is C[C@]12CC[C@@H](O)C=C1C=C[C@H]1[C@H]2CC[C@@]2(C)[C@H]1CC[C@@]21CCC(=O)O1. The van der Waals surface area contributed by atoms with Crippen LogP contribution < -0.4 is 0 Å². The van der Waals surface area contributed by atoms with Crippen LogP contribution in [0.4, 0.5) is 0 Å². The van der Waals surface area contributed by atoms with Gasteiger partial charge in [-0.2, -0.15) is 0 Å². The summed E-state index contributed by atoms with van der Waals surface area (Å²) in [5.74, 6) is 1.90. The van der Waals surface area contributed by atoms with Gasteiger partial charge in [-0.25, -0.2) is 0 Å². The Bertz CT molecular complexity index is 679. The van der Waals surface area contributed by atoms with Gasteiger partial charge in [0.05, 0.1) is 6.10 Å². The second-order valence-corrected chi connectivity index (χ2v) is 9.76. The Morgan fingerprint density at radius 1 is 1.08 bits per heavy atom. The number of aliphatic hydroxyl groups excluding tert-OH is 1. The molecule has 0 aromatic carbocycles. The lowest BCUT2D eigenvalue weighted by Crippen LogP contribution is -2.53. The molecule has 136 valence electrons. The predicted molar refractivity (Wildman–Crippen MR) is 95.7 cm³/mol. The van der Waals surface area contributed by atoms with Gasteiger partial charge >= 0.3 is 5.97 Å². The maximum atomic E-state index is 11.9. The fraction of sp³-hybridized carbons (Fsp3) is 0.773. The second kappa shape index (κ2) is 5.00. The molecule has 0 aromatic heterocycles. The average Bonchev–Trinajstić information content (AvgIpc) is 3.10. The zero-order valence-corrected chi connectivity index (χ0v) is 15.5. The van der Waals surface area contributed by atoms with Crippen LogP contribution in [-0.4, -0.2) is 22.8 Å². The van der Waals surface area contributed by atoms with Gasteiger partial charge in [-0.1, -0.05) is 32.1 Å². The molecule has 4 aliphatic carbocycles. The van der Waals surface area contributed by atoms with Crippen LogP contribution in [0.15, 0.2) is 23.8 Å². The van der Waals surface area contributed by atoms with E-state index in [4.69, 9.17) is 4.74 Å². The first-order valence-corrected chi connectivity index (χ1v) is 10.2. The minimum absolute atomic E-state index is 0.0154. The summed E-state index contributed by atoms with van der Waals surface area (Å²) in [6.07, 6.45) is 14.7. The monoisotopic (exact) mass is 342 g/mol. The molecular weight excluding hydrogens is 312 g/mol. The number of rotatable bonds is 0. The van der Waals surface area contributed by atoms with Gasteiger partial charge in [0.15, 0.2) is 0 Å². The molecule has 7 atom stereocenters. The molecule has 1 saturated heterocycles. The minimum Gasteiger partial charge on any atom is -0.458 e. The number of carbonyl (C=O) groups excluding carboxylic acids is 1. The lowest BCUT2D eigenvalue weighted by molar-refractivity contribution is -0.165. The molecule has 1 N–H and O–H groups in total. The van der Waals surface area contributed by atoms with Crippen molar-refractivity contribution in [2.24, 2.45) is 28.6 Å². The van der Waals surface area contributed by atoms with E-state index < -0.39 is 0 Å². The van der Waals surface area contributed by atoms with E-state index in [0.717, 1.165) is 25.7 Å². The Kier molecular flexibility index (Phi) is 3.22. The molecule has 0 amide bonds. The Morgan fingerprint density at radius 2 is 1.88 bits per heavy atom. The number of aliphatic hydroxyl groups is 1. The van der Waals surface area contributed by atoms with Crippen LogP contribution in [0.3, 0.4) is 0 Å². The van der Waals surface area contributed by atoms with E-state index in [1.807, 2.05) is 0 Å². The number of ether oxygens (including phenoxy) is 1. The molecule has 1 spiro atoms. The van der Waals surface area contributed by atoms with Crippen molar-refractivity contribution in [2.75, 3.05) is 0 Å². The highest BCUT2D eigenvalue weighted by Crippen LogP contribution is 2.68. The number of fused-ring (bicyclic) bond motifs is 6. The number of esters is 1. The molecule has 2 saturated carbocycles.